The molecule has 0 N–H and O–H groups in total. The van der Waals surface area contributed by atoms with E-state index < -0.39 is 0 Å². The van der Waals surface area contributed by atoms with Crippen molar-refractivity contribution in [3.05, 3.63) is 0 Å². The van der Waals surface area contributed by atoms with Gasteiger partial charge in [0.05, 0.1) is 54.6 Å². The fourth-order valence-corrected chi connectivity index (χ4v) is 2.03. The lowest BCUT2D eigenvalue weighted by Crippen LogP contribution is -2.57. The third-order valence-corrected chi connectivity index (χ3v) is 2.51. The van der Waals surface area contributed by atoms with Gasteiger partial charge in [0, 0.05) is 14.2 Å². The Labute approximate surface area is 118 Å². The van der Waals surface area contributed by atoms with Crippen molar-refractivity contribution in [1.82, 2.24) is 0 Å². The van der Waals surface area contributed by atoms with Crippen molar-refractivity contribution in [2.75, 3.05) is 89.0 Å². The summed E-state index contributed by atoms with van der Waals surface area (Å²) in [6.45, 7) is 4.81. The minimum absolute atomic E-state index is 0.635. The van der Waals surface area contributed by atoms with Gasteiger partial charge in [-0.05, 0) is 0 Å². The maximum absolute atomic E-state index is 5.60. The number of rotatable bonds is 12. The van der Waals surface area contributed by atoms with Crippen LogP contribution in [0.4, 0.5) is 0 Å². The van der Waals surface area contributed by atoms with E-state index in [9.17, 15) is 0 Å². The van der Waals surface area contributed by atoms with E-state index in [0.29, 0.717) is 39.9 Å². The Balaban J connectivity index is 3.93. The Morgan fingerprint density at radius 2 is 1.00 bits per heavy atom. The lowest BCUT2D eigenvalue weighted by atomic mass is 10.5. The normalized spacial score (nSPS) is 12.9. The zero-order chi connectivity index (χ0) is 14.8. The van der Waals surface area contributed by atoms with Crippen molar-refractivity contribution in [1.29, 1.82) is 0 Å². The largest absolute Gasteiger partial charge is 0.382 e. The van der Waals surface area contributed by atoms with E-state index >= 15 is 0 Å². The molecule has 0 bridgehead atoms. The Morgan fingerprint density at radius 1 is 0.632 bits per heavy atom. The summed E-state index contributed by atoms with van der Waals surface area (Å²) in [6, 6.07) is 0. The van der Waals surface area contributed by atoms with E-state index in [-0.39, 0.29) is 0 Å². The number of methoxy groups -OCH3 is 2. The van der Waals surface area contributed by atoms with Gasteiger partial charge in [0.2, 0.25) is 6.67 Å². The molecule has 0 spiro atoms. The molecule has 0 unspecified atom stereocenters. The molecule has 6 nitrogen and oxygen atoms in total. The summed E-state index contributed by atoms with van der Waals surface area (Å²) in [5.74, 6) is 0. The summed E-state index contributed by atoms with van der Waals surface area (Å²) in [5, 5.41) is 0. The monoisotopic (exact) mass is 280 g/mol. The van der Waals surface area contributed by atoms with Gasteiger partial charge < -0.3 is 18.9 Å². The molecular weight excluding hydrogens is 248 g/mol. The van der Waals surface area contributed by atoms with Crippen LogP contribution >= 0.6 is 0 Å². The molecule has 0 aliphatic carbocycles. The second-order valence-electron chi connectivity index (χ2n) is 6.07. The number of hydrogen-bond acceptors (Lipinski definition) is 4. The van der Waals surface area contributed by atoms with Crippen LogP contribution in [0.1, 0.15) is 0 Å². The smallest absolute Gasteiger partial charge is 0.210 e. The average Bonchev–Trinajstić information content (AvgIpc) is 2.29. The molecule has 0 radical (unpaired) electrons. The molecule has 0 heterocycles. The average molecular weight is 280 g/mol. The van der Waals surface area contributed by atoms with E-state index in [1.807, 2.05) is 0 Å². The molecule has 0 amide bonds. The van der Waals surface area contributed by atoms with Crippen LogP contribution in [0.25, 0.3) is 0 Å². The lowest BCUT2D eigenvalue weighted by Gasteiger charge is -2.37. The highest BCUT2D eigenvalue weighted by Gasteiger charge is 2.27. The van der Waals surface area contributed by atoms with E-state index in [2.05, 4.69) is 28.2 Å². The van der Waals surface area contributed by atoms with Gasteiger partial charge in [-0.15, -0.1) is 0 Å². The van der Waals surface area contributed by atoms with Crippen molar-refractivity contribution in [2.45, 2.75) is 0 Å². The second-order valence-corrected chi connectivity index (χ2v) is 6.07. The number of quaternary nitrogens is 2. The van der Waals surface area contributed by atoms with Gasteiger partial charge in [0.15, 0.2) is 13.5 Å². The summed E-state index contributed by atoms with van der Waals surface area (Å²) in [5.41, 5.74) is 0. The van der Waals surface area contributed by atoms with Crippen LogP contribution in [0.15, 0.2) is 0 Å². The first-order chi connectivity index (χ1) is 8.83. The second kappa shape index (κ2) is 9.63. The van der Waals surface area contributed by atoms with Gasteiger partial charge in [-0.25, -0.2) is 0 Å². The van der Waals surface area contributed by atoms with Crippen LogP contribution in [0.3, 0.4) is 0 Å². The van der Waals surface area contributed by atoms with Crippen LogP contribution in [0, 0.1) is 0 Å². The SMILES string of the molecule is COCCOC[N+](C)(C)C[N+](C)(C)COCCOC. The van der Waals surface area contributed by atoms with Gasteiger partial charge in [0.1, 0.15) is 0 Å². The molecule has 0 aromatic rings. The first kappa shape index (κ1) is 18.8. The van der Waals surface area contributed by atoms with Gasteiger partial charge in [-0.3, -0.25) is 8.97 Å². The molecule has 116 valence electrons. The zero-order valence-corrected chi connectivity index (χ0v) is 13.5. The third-order valence-electron chi connectivity index (χ3n) is 2.51. The quantitative estimate of drug-likeness (QED) is 0.293. The van der Waals surface area contributed by atoms with Gasteiger partial charge in [-0.1, -0.05) is 0 Å². The van der Waals surface area contributed by atoms with Crippen LogP contribution in [0.5, 0.6) is 0 Å². The van der Waals surface area contributed by atoms with Crippen molar-refractivity contribution < 1.29 is 27.9 Å². The predicted octanol–water partition coefficient (Wildman–Crippen LogP) is 0.338. The molecule has 0 fully saturated rings. The summed E-state index contributed by atoms with van der Waals surface area (Å²) in [7, 11) is 12.0. The lowest BCUT2D eigenvalue weighted by molar-refractivity contribution is -1.08. The fourth-order valence-electron chi connectivity index (χ4n) is 2.03. The van der Waals surface area contributed by atoms with Gasteiger partial charge in [-0.2, -0.15) is 0 Å². The van der Waals surface area contributed by atoms with Crippen molar-refractivity contribution in [3.8, 4) is 0 Å². The summed E-state index contributed by atoms with van der Waals surface area (Å²) in [4.78, 5) is 0. The topological polar surface area (TPSA) is 36.9 Å². The minimum Gasteiger partial charge on any atom is -0.382 e. The molecule has 0 saturated heterocycles. The Morgan fingerprint density at radius 3 is 1.32 bits per heavy atom. The van der Waals surface area contributed by atoms with Crippen molar-refractivity contribution >= 4 is 0 Å². The Hall–Kier alpha value is -0.240. The molecule has 6 heteroatoms. The molecule has 0 aliphatic heterocycles. The summed E-state index contributed by atoms with van der Waals surface area (Å²) >= 11 is 0. The van der Waals surface area contributed by atoms with Gasteiger partial charge >= 0.3 is 0 Å². The fraction of sp³-hybridized carbons (Fsp3) is 1.00. The van der Waals surface area contributed by atoms with Crippen molar-refractivity contribution in [3.63, 3.8) is 0 Å². The maximum atomic E-state index is 5.60. The predicted molar refractivity (Wildman–Crippen MR) is 74.5 cm³/mol. The standard InChI is InChI=1S/C13H32N2O4/c1-14(2,12-18-9-7-16-5)11-15(3,4)13-19-10-8-17-6/h7-13H2,1-6H3/q+2. The Bertz CT molecular complexity index is 201. The molecule has 0 aromatic heterocycles. The minimum atomic E-state index is 0.635. The van der Waals surface area contributed by atoms with Crippen molar-refractivity contribution in [2.24, 2.45) is 0 Å². The molecule has 19 heavy (non-hydrogen) atoms. The highest BCUT2D eigenvalue weighted by atomic mass is 16.5. The molecule has 0 aromatic carbocycles. The zero-order valence-electron chi connectivity index (χ0n) is 13.5. The highest BCUT2D eigenvalue weighted by Crippen LogP contribution is 2.06. The molecule has 0 atom stereocenters. The molecular formula is C13H32N2O4+2. The van der Waals surface area contributed by atoms with Crippen LogP contribution in [0.2, 0.25) is 0 Å². The first-order valence-electron chi connectivity index (χ1n) is 6.60. The van der Waals surface area contributed by atoms with E-state index in [1.165, 1.54) is 0 Å². The third kappa shape index (κ3) is 11.3. The number of nitrogens with zero attached hydrogens (tertiary/aromatic N) is 2. The van der Waals surface area contributed by atoms with Gasteiger partial charge in [0.25, 0.3) is 0 Å². The van der Waals surface area contributed by atoms with E-state index in [4.69, 9.17) is 18.9 Å². The van der Waals surface area contributed by atoms with Crippen LogP contribution < -0.4 is 0 Å². The first-order valence-corrected chi connectivity index (χ1v) is 6.60. The number of hydrogen-bond donors (Lipinski definition) is 0. The van der Waals surface area contributed by atoms with Crippen LogP contribution in [-0.4, -0.2) is 97.9 Å². The van der Waals surface area contributed by atoms with Crippen LogP contribution in [-0.2, 0) is 18.9 Å². The molecule has 0 saturated carbocycles. The molecule has 0 aliphatic rings. The number of ether oxygens (including phenoxy) is 4. The Kier molecular flexibility index (Phi) is 9.51. The summed E-state index contributed by atoms with van der Waals surface area (Å²) < 4.78 is 22.7. The summed E-state index contributed by atoms with van der Waals surface area (Å²) in [6.07, 6.45) is 0. The maximum Gasteiger partial charge on any atom is 0.210 e. The highest BCUT2D eigenvalue weighted by molar-refractivity contribution is 4.26. The van der Waals surface area contributed by atoms with E-state index in [1.54, 1.807) is 14.2 Å². The van der Waals surface area contributed by atoms with E-state index in [0.717, 1.165) is 15.6 Å². The molecule has 0 rings (SSSR count).